The highest BCUT2D eigenvalue weighted by Gasteiger charge is 2.24. The number of benzene rings is 2. The van der Waals surface area contributed by atoms with Crippen molar-refractivity contribution in [3.8, 4) is 5.69 Å². The van der Waals surface area contributed by atoms with Crippen LogP contribution in [0.25, 0.3) is 16.5 Å². The first kappa shape index (κ1) is 11.3. The summed E-state index contributed by atoms with van der Waals surface area (Å²) >= 11 is 0. The molecule has 0 bridgehead atoms. The van der Waals surface area contributed by atoms with Gasteiger partial charge in [0.05, 0.1) is 16.9 Å². The van der Waals surface area contributed by atoms with Crippen LogP contribution in [0, 0.1) is 6.92 Å². The van der Waals surface area contributed by atoms with Gasteiger partial charge in [0.2, 0.25) is 0 Å². The molecule has 4 rings (SSSR count). The van der Waals surface area contributed by atoms with E-state index in [9.17, 15) is 4.79 Å². The van der Waals surface area contributed by atoms with E-state index in [-0.39, 0.29) is 5.97 Å². The van der Waals surface area contributed by atoms with Gasteiger partial charge >= 0.3 is 5.97 Å². The molecule has 0 saturated carbocycles. The molecule has 98 valence electrons. The smallest absolute Gasteiger partial charge is 0.340 e. The number of aromatic nitrogens is 1. The predicted molar refractivity (Wildman–Crippen MR) is 77.1 cm³/mol. The summed E-state index contributed by atoms with van der Waals surface area (Å²) in [6.45, 7) is 2.39. The largest absolute Gasteiger partial charge is 0.456 e. The van der Waals surface area contributed by atoms with Crippen molar-refractivity contribution in [1.82, 2.24) is 4.57 Å². The van der Waals surface area contributed by atoms with Crippen molar-refractivity contribution in [2.75, 3.05) is 0 Å². The Labute approximate surface area is 116 Å². The van der Waals surface area contributed by atoms with Gasteiger partial charge in [-0.3, -0.25) is 0 Å². The lowest BCUT2D eigenvalue weighted by atomic mass is 10.1. The highest BCUT2D eigenvalue weighted by molar-refractivity contribution is 5.97. The maximum Gasteiger partial charge on any atom is 0.340 e. The van der Waals surface area contributed by atoms with Crippen molar-refractivity contribution in [3.63, 3.8) is 0 Å². The number of esters is 1. The summed E-state index contributed by atoms with van der Waals surface area (Å²) in [6.07, 6.45) is 0. The van der Waals surface area contributed by atoms with E-state index in [2.05, 4.69) is 23.6 Å². The Kier molecular flexibility index (Phi) is 2.24. The van der Waals surface area contributed by atoms with Crippen molar-refractivity contribution >= 4 is 16.7 Å². The van der Waals surface area contributed by atoms with Gasteiger partial charge in [0, 0.05) is 16.5 Å². The molecule has 0 N–H and O–H groups in total. The fraction of sp³-hybridized carbons (Fsp3) is 0.118. The number of ether oxygens (including phenoxy) is 1. The molecule has 1 aliphatic heterocycles. The van der Waals surface area contributed by atoms with Crippen LogP contribution in [0.1, 0.15) is 21.7 Å². The highest BCUT2D eigenvalue weighted by atomic mass is 16.5. The molecule has 0 saturated heterocycles. The quantitative estimate of drug-likeness (QED) is 0.580. The molecular formula is C17H13NO2. The van der Waals surface area contributed by atoms with E-state index in [1.54, 1.807) is 0 Å². The van der Waals surface area contributed by atoms with Crippen LogP contribution in [-0.4, -0.2) is 10.5 Å². The summed E-state index contributed by atoms with van der Waals surface area (Å²) in [7, 11) is 0. The zero-order valence-corrected chi connectivity index (χ0v) is 11.1. The molecule has 20 heavy (non-hydrogen) atoms. The molecular weight excluding hydrogens is 250 g/mol. The molecule has 0 amide bonds. The number of carbonyl (C=O) groups excluding carboxylic acids is 1. The van der Waals surface area contributed by atoms with E-state index in [1.807, 2.05) is 36.4 Å². The number of para-hydroxylation sites is 1. The topological polar surface area (TPSA) is 31.2 Å². The molecule has 0 radical (unpaired) electrons. The molecule has 2 aromatic carbocycles. The molecule has 1 aliphatic rings. The van der Waals surface area contributed by atoms with Crippen LogP contribution < -0.4 is 0 Å². The number of carbonyl (C=O) groups is 1. The fourth-order valence-electron chi connectivity index (χ4n) is 3.01. The van der Waals surface area contributed by atoms with Crippen LogP contribution >= 0.6 is 0 Å². The first-order valence-corrected chi connectivity index (χ1v) is 6.63. The standard InChI is InChI=1S/C17H13NO2/c1-11-12-6-2-3-7-13(12)16-10-20-17(19)14-8-4-5-9-15(14)18(11)16/h2-9H,10H2,1H3. The van der Waals surface area contributed by atoms with Crippen molar-refractivity contribution in [1.29, 1.82) is 0 Å². The van der Waals surface area contributed by atoms with Crippen molar-refractivity contribution in [2.24, 2.45) is 0 Å². The van der Waals surface area contributed by atoms with E-state index in [0.29, 0.717) is 12.2 Å². The van der Waals surface area contributed by atoms with Crippen LogP contribution in [0.5, 0.6) is 0 Å². The summed E-state index contributed by atoms with van der Waals surface area (Å²) in [4.78, 5) is 12.1. The summed E-state index contributed by atoms with van der Waals surface area (Å²) < 4.78 is 7.56. The summed E-state index contributed by atoms with van der Waals surface area (Å²) in [6, 6.07) is 15.8. The van der Waals surface area contributed by atoms with E-state index >= 15 is 0 Å². The average Bonchev–Trinajstić information content (AvgIpc) is 2.68. The lowest BCUT2D eigenvalue weighted by Gasteiger charge is -2.09. The minimum Gasteiger partial charge on any atom is -0.456 e. The van der Waals surface area contributed by atoms with Gasteiger partial charge in [0.15, 0.2) is 0 Å². The third-order valence-corrected chi connectivity index (χ3v) is 3.94. The van der Waals surface area contributed by atoms with Crippen molar-refractivity contribution in [3.05, 3.63) is 65.5 Å². The minimum atomic E-state index is -0.257. The van der Waals surface area contributed by atoms with Crippen LogP contribution in [0.3, 0.4) is 0 Å². The number of aryl methyl sites for hydroxylation is 1. The molecule has 0 fully saturated rings. The summed E-state index contributed by atoms with van der Waals surface area (Å²) in [5.74, 6) is -0.257. The first-order chi connectivity index (χ1) is 9.77. The number of nitrogens with zero attached hydrogens (tertiary/aromatic N) is 1. The van der Waals surface area contributed by atoms with Crippen LogP contribution in [0.2, 0.25) is 0 Å². The fourth-order valence-corrected chi connectivity index (χ4v) is 3.01. The van der Waals surface area contributed by atoms with Gasteiger partial charge in [-0.1, -0.05) is 36.4 Å². The van der Waals surface area contributed by atoms with E-state index < -0.39 is 0 Å². The van der Waals surface area contributed by atoms with Crippen molar-refractivity contribution < 1.29 is 9.53 Å². The molecule has 3 aromatic rings. The Morgan fingerprint density at radius 2 is 1.70 bits per heavy atom. The number of fused-ring (bicyclic) bond motifs is 5. The van der Waals surface area contributed by atoms with Gasteiger partial charge in [0.25, 0.3) is 0 Å². The molecule has 0 unspecified atom stereocenters. The zero-order valence-electron chi connectivity index (χ0n) is 11.1. The van der Waals surface area contributed by atoms with Gasteiger partial charge in [0.1, 0.15) is 6.61 Å². The number of rotatable bonds is 0. The van der Waals surface area contributed by atoms with E-state index in [1.165, 1.54) is 5.39 Å². The number of hydrogen-bond acceptors (Lipinski definition) is 2. The Morgan fingerprint density at radius 3 is 2.55 bits per heavy atom. The second kappa shape index (κ2) is 3.97. The summed E-state index contributed by atoms with van der Waals surface area (Å²) in [5.41, 5.74) is 3.70. The molecule has 0 aliphatic carbocycles. The maximum absolute atomic E-state index is 12.1. The zero-order chi connectivity index (χ0) is 13.7. The average molecular weight is 263 g/mol. The SMILES string of the molecule is Cc1c2ccccc2c2n1-c1ccccc1C(=O)OC2. The normalized spacial score (nSPS) is 13.6. The van der Waals surface area contributed by atoms with Crippen LogP contribution in [0.4, 0.5) is 0 Å². The Balaban J connectivity index is 2.17. The lowest BCUT2D eigenvalue weighted by molar-refractivity contribution is 0.0477. The maximum atomic E-state index is 12.1. The summed E-state index contributed by atoms with van der Waals surface area (Å²) in [5, 5.41) is 2.35. The third-order valence-electron chi connectivity index (χ3n) is 3.94. The number of hydrogen-bond donors (Lipinski definition) is 0. The second-order valence-electron chi connectivity index (χ2n) is 5.01. The lowest BCUT2D eigenvalue weighted by Crippen LogP contribution is -2.04. The van der Waals surface area contributed by atoms with E-state index in [0.717, 1.165) is 22.5 Å². The molecule has 1 aromatic heterocycles. The Morgan fingerprint density at radius 1 is 1.00 bits per heavy atom. The highest BCUT2D eigenvalue weighted by Crippen LogP contribution is 2.33. The predicted octanol–water partition coefficient (Wildman–Crippen LogP) is 3.61. The van der Waals surface area contributed by atoms with Crippen molar-refractivity contribution in [2.45, 2.75) is 13.5 Å². The second-order valence-corrected chi connectivity index (χ2v) is 5.01. The molecule has 0 atom stereocenters. The van der Waals surface area contributed by atoms with Gasteiger partial charge in [-0.2, -0.15) is 0 Å². The molecule has 3 nitrogen and oxygen atoms in total. The van der Waals surface area contributed by atoms with Gasteiger partial charge in [-0.15, -0.1) is 0 Å². The van der Waals surface area contributed by atoms with Crippen LogP contribution in [-0.2, 0) is 11.3 Å². The van der Waals surface area contributed by atoms with E-state index in [4.69, 9.17) is 4.74 Å². The molecule has 3 heteroatoms. The third kappa shape index (κ3) is 1.37. The first-order valence-electron chi connectivity index (χ1n) is 6.63. The van der Waals surface area contributed by atoms with Gasteiger partial charge < -0.3 is 9.30 Å². The number of cyclic esters (lactones) is 1. The molecule has 0 spiro atoms. The Hall–Kier alpha value is -2.55. The van der Waals surface area contributed by atoms with Crippen LogP contribution in [0.15, 0.2) is 48.5 Å². The molecule has 2 heterocycles. The van der Waals surface area contributed by atoms with Gasteiger partial charge in [-0.05, 0) is 19.1 Å². The minimum absolute atomic E-state index is 0.257. The Bertz CT molecular complexity index is 845. The van der Waals surface area contributed by atoms with Gasteiger partial charge in [-0.25, -0.2) is 4.79 Å². The monoisotopic (exact) mass is 263 g/mol.